The second-order valence-electron chi connectivity index (χ2n) is 5.58. The summed E-state index contributed by atoms with van der Waals surface area (Å²) in [4.78, 5) is 14.6. The van der Waals surface area contributed by atoms with E-state index in [1.165, 1.54) is 12.1 Å². The van der Waals surface area contributed by atoms with Crippen LogP contribution in [0.4, 0.5) is 8.78 Å². The molecule has 3 nitrogen and oxygen atoms in total. The maximum Gasteiger partial charge on any atom is 0.387 e. The van der Waals surface area contributed by atoms with Gasteiger partial charge in [-0.05, 0) is 37.1 Å². The third-order valence-electron chi connectivity index (χ3n) is 3.89. The fourth-order valence-electron chi connectivity index (χ4n) is 2.40. The molecule has 0 fully saturated rings. The minimum Gasteiger partial charge on any atom is -0.435 e. The highest BCUT2D eigenvalue weighted by atomic mass is 19.3. The van der Waals surface area contributed by atoms with Crippen LogP contribution in [0.15, 0.2) is 54.6 Å². The zero-order chi connectivity index (χ0) is 17.5. The first-order chi connectivity index (χ1) is 11.5. The summed E-state index contributed by atoms with van der Waals surface area (Å²) in [5, 5.41) is 0. The number of carbonyl (C=O) groups is 1. The molecule has 2 rings (SSSR count). The van der Waals surface area contributed by atoms with E-state index in [4.69, 9.17) is 0 Å². The van der Waals surface area contributed by atoms with Crippen molar-refractivity contribution in [2.75, 3.05) is 0 Å². The molecule has 2 aromatic rings. The summed E-state index contributed by atoms with van der Waals surface area (Å²) in [6.45, 7) is 1.53. The lowest BCUT2D eigenvalue weighted by Crippen LogP contribution is -2.37. The molecule has 1 atom stereocenters. The fraction of sp³-hybridized carbons (Fsp3) is 0.316. The van der Waals surface area contributed by atoms with Gasteiger partial charge in [-0.3, -0.25) is 4.79 Å². The summed E-state index contributed by atoms with van der Waals surface area (Å²) in [6.07, 6.45) is 0.797. The van der Waals surface area contributed by atoms with Crippen molar-refractivity contribution in [2.24, 2.45) is 0 Å². The number of rotatable bonds is 7. The summed E-state index contributed by atoms with van der Waals surface area (Å²) < 4.78 is 29.1. The summed E-state index contributed by atoms with van der Waals surface area (Å²) >= 11 is 0. The molecule has 0 heterocycles. The van der Waals surface area contributed by atoms with Gasteiger partial charge in [0, 0.05) is 18.2 Å². The molecule has 0 N–H and O–H groups in total. The third kappa shape index (κ3) is 4.78. The van der Waals surface area contributed by atoms with E-state index in [9.17, 15) is 13.6 Å². The van der Waals surface area contributed by atoms with Gasteiger partial charge in [0.25, 0.3) is 5.91 Å². The van der Waals surface area contributed by atoms with E-state index < -0.39 is 6.61 Å². The van der Waals surface area contributed by atoms with E-state index in [-0.39, 0.29) is 17.7 Å². The Kier molecular flexibility index (Phi) is 6.29. The molecule has 0 aliphatic rings. The number of benzene rings is 2. The number of hydrogen-bond acceptors (Lipinski definition) is 2. The Hall–Kier alpha value is -2.43. The van der Waals surface area contributed by atoms with Gasteiger partial charge in [0.05, 0.1) is 0 Å². The van der Waals surface area contributed by atoms with Crippen molar-refractivity contribution in [3.63, 3.8) is 0 Å². The molecule has 1 unspecified atom stereocenters. The quantitative estimate of drug-likeness (QED) is 0.733. The van der Waals surface area contributed by atoms with Crippen molar-refractivity contribution in [2.45, 2.75) is 39.5 Å². The van der Waals surface area contributed by atoms with Gasteiger partial charge in [-0.2, -0.15) is 8.78 Å². The molecular formula is C19H21F2NO2. The Morgan fingerprint density at radius 2 is 1.83 bits per heavy atom. The number of hydrogen-bond donors (Lipinski definition) is 0. The maximum atomic E-state index is 12.9. The van der Waals surface area contributed by atoms with Crippen molar-refractivity contribution in [1.82, 2.24) is 4.90 Å². The zero-order valence-electron chi connectivity index (χ0n) is 13.8. The van der Waals surface area contributed by atoms with Gasteiger partial charge in [0.1, 0.15) is 5.75 Å². The second-order valence-corrected chi connectivity index (χ2v) is 5.58. The summed E-state index contributed by atoms with van der Waals surface area (Å²) in [5.74, 6) is -0.215. The van der Waals surface area contributed by atoms with Crippen LogP contribution in [0.3, 0.4) is 0 Å². The van der Waals surface area contributed by atoms with Crippen LogP contribution in [0, 0.1) is 0 Å². The van der Waals surface area contributed by atoms with Gasteiger partial charge < -0.3 is 9.64 Å². The van der Waals surface area contributed by atoms with Crippen molar-refractivity contribution in [3.8, 4) is 5.75 Å². The number of halogens is 2. The topological polar surface area (TPSA) is 29.5 Å². The van der Waals surface area contributed by atoms with Crippen LogP contribution >= 0.6 is 0 Å². The Labute approximate surface area is 140 Å². The SMILES string of the molecule is CCC(C)N(Cc1ccccc1)C(=O)c1cccc(OC(F)F)c1. The molecule has 0 radical (unpaired) electrons. The molecule has 0 bridgehead atoms. The fourth-order valence-corrected chi connectivity index (χ4v) is 2.40. The lowest BCUT2D eigenvalue weighted by atomic mass is 10.1. The van der Waals surface area contributed by atoms with E-state index in [1.54, 1.807) is 17.0 Å². The largest absolute Gasteiger partial charge is 0.435 e. The number of carbonyl (C=O) groups excluding carboxylic acids is 1. The maximum absolute atomic E-state index is 12.9. The number of amides is 1. The van der Waals surface area contributed by atoms with Gasteiger partial charge in [-0.1, -0.05) is 43.3 Å². The average molecular weight is 333 g/mol. The lowest BCUT2D eigenvalue weighted by Gasteiger charge is -2.29. The Balaban J connectivity index is 2.24. The Morgan fingerprint density at radius 3 is 2.46 bits per heavy atom. The first-order valence-corrected chi connectivity index (χ1v) is 7.91. The van der Waals surface area contributed by atoms with Gasteiger partial charge in [0.15, 0.2) is 0 Å². The van der Waals surface area contributed by atoms with Gasteiger partial charge in [-0.25, -0.2) is 0 Å². The highest BCUT2D eigenvalue weighted by Crippen LogP contribution is 2.20. The van der Waals surface area contributed by atoms with Crippen LogP contribution in [-0.4, -0.2) is 23.5 Å². The monoisotopic (exact) mass is 333 g/mol. The number of nitrogens with zero attached hydrogens (tertiary/aromatic N) is 1. The summed E-state index contributed by atoms with van der Waals surface area (Å²) in [6, 6.07) is 15.6. The second kappa shape index (κ2) is 8.43. The van der Waals surface area contributed by atoms with E-state index in [0.717, 1.165) is 12.0 Å². The molecule has 0 saturated carbocycles. The molecule has 2 aromatic carbocycles. The Morgan fingerprint density at radius 1 is 1.12 bits per heavy atom. The van der Waals surface area contributed by atoms with Crippen molar-refractivity contribution in [3.05, 3.63) is 65.7 Å². The predicted molar refractivity (Wildman–Crippen MR) is 89.1 cm³/mol. The molecule has 24 heavy (non-hydrogen) atoms. The molecule has 0 aliphatic carbocycles. The lowest BCUT2D eigenvalue weighted by molar-refractivity contribution is -0.0499. The average Bonchev–Trinajstić information content (AvgIpc) is 2.59. The van der Waals surface area contributed by atoms with Crippen molar-refractivity contribution in [1.29, 1.82) is 0 Å². The van der Waals surface area contributed by atoms with Gasteiger partial charge in [-0.15, -0.1) is 0 Å². The molecule has 0 aliphatic heterocycles. The van der Waals surface area contributed by atoms with E-state index in [1.807, 2.05) is 44.2 Å². The van der Waals surface area contributed by atoms with Gasteiger partial charge >= 0.3 is 6.61 Å². The van der Waals surface area contributed by atoms with E-state index in [2.05, 4.69) is 4.74 Å². The van der Waals surface area contributed by atoms with Crippen LogP contribution < -0.4 is 4.74 Å². The smallest absolute Gasteiger partial charge is 0.387 e. The minimum absolute atomic E-state index is 0.0142. The third-order valence-corrected chi connectivity index (χ3v) is 3.89. The molecule has 0 saturated heterocycles. The van der Waals surface area contributed by atoms with Crippen LogP contribution in [-0.2, 0) is 6.54 Å². The molecule has 5 heteroatoms. The molecule has 0 spiro atoms. The number of ether oxygens (including phenoxy) is 1. The number of alkyl halides is 2. The molecule has 0 aromatic heterocycles. The van der Waals surface area contributed by atoms with Crippen LogP contribution in [0.5, 0.6) is 5.75 Å². The van der Waals surface area contributed by atoms with Gasteiger partial charge in [0.2, 0.25) is 0 Å². The Bertz CT molecular complexity index is 661. The van der Waals surface area contributed by atoms with E-state index >= 15 is 0 Å². The van der Waals surface area contributed by atoms with Crippen LogP contribution in [0.1, 0.15) is 36.2 Å². The summed E-state index contributed by atoms with van der Waals surface area (Å²) in [7, 11) is 0. The molecule has 128 valence electrons. The zero-order valence-corrected chi connectivity index (χ0v) is 13.8. The van der Waals surface area contributed by atoms with E-state index in [0.29, 0.717) is 12.1 Å². The van der Waals surface area contributed by atoms with Crippen molar-refractivity contribution >= 4 is 5.91 Å². The van der Waals surface area contributed by atoms with Crippen LogP contribution in [0.25, 0.3) is 0 Å². The summed E-state index contributed by atoms with van der Waals surface area (Å²) in [5.41, 5.74) is 1.36. The van der Waals surface area contributed by atoms with Crippen molar-refractivity contribution < 1.29 is 18.3 Å². The first kappa shape index (κ1) is 17.9. The highest BCUT2D eigenvalue weighted by molar-refractivity contribution is 5.94. The first-order valence-electron chi connectivity index (χ1n) is 7.91. The highest BCUT2D eigenvalue weighted by Gasteiger charge is 2.21. The van der Waals surface area contributed by atoms with Crippen LogP contribution in [0.2, 0.25) is 0 Å². The standard InChI is InChI=1S/C19H21F2NO2/c1-3-14(2)22(13-15-8-5-4-6-9-15)18(23)16-10-7-11-17(12-16)24-19(20)21/h4-12,14,19H,3,13H2,1-2H3. The molecular weight excluding hydrogens is 312 g/mol. The minimum atomic E-state index is -2.91. The normalized spacial score (nSPS) is 12.0. The molecule has 1 amide bonds. The predicted octanol–water partition coefficient (Wildman–Crippen LogP) is 4.73.